The first-order chi connectivity index (χ1) is 37.1. The van der Waals surface area contributed by atoms with Crippen LogP contribution in [0.4, 0.5) is 8.78 Å². The largest absolute Gasteiger partial charge is 0.512 e. The van der Waals surface area contributed by atoms with E-state index in [0.29, 0.717) is 5.69 Å². The second-order valence-electron chi connectivity index (χ2n) is 17.6. The van der Waals surface area contributed by atoms with Crippen LogP contribution >= 0.6 is 0 Å². The molecular weight excluding hydrogens is 1730 g/mol. The molecule has 0 atom stereocenters. The molecule has 1 aliphatic carbocycles. The molecule has 0 bridgehead atoms. The first-order valence-corrected chi connectivity index (χ1v) is 24.3. The summed E-state index contributed by atoms with van der Waals surface area (Å²) in [5.41, 5.74) is 11.9. The van der Waals surface area contributed by atoms with Crippen molar-refractivity contribution in [2.45, 2.75) is 47.0 Å². The number of hydrogen-bond acceptors (Lipinski definition) is 9. The quantitative estimate of drug-likeness (QED) is 0.0721. The van der Waals surface area contributed by atoms with Crippen molar-refractivity contribution in [2.24, 2.45) is 0 Å². The third kappa shape index (κ3) is 21.4. The third-order valence-corrected chi connectivity index (χ3v) is 11.2. The Bertz CT molecular complexity index is 3390. The van der Waals surface area contributed by atoms with Crippen molar-refractivity contribution < 1.29 is 109 Å². The average Bonchev–Trinajstić information content (AvgIpc) is 3.70. The summed E-state index contributed by atoms with van der Waals surface area (Å²) in [6.45, 7) is 10.3. The van der Waals surface area contributed by atoms with Gasteiger partial charge in [-0.1, -0.05) is 122 Å². The molecule has 5 aromatic heterocycles. The number of carbonyl (C=O) groups is 2. The van der Waals surface area contributed by atoms with Crippen LogP contribution in [0.15, 0.2) is 224 Å². The standard InChI is InChI=1S/C24H18N.2C11H8N.C10H5F2N2.2C5H8O2.4Ir/c1-24(2)21-10-6-5-9-19(21)20-12-11-17(15-22(20)24)23-18-8-4-3-7-16(18)13-14-25-23;2*1-2-6-10(7-3-1)11-8-4-5-9-12-11;11-9-5-4-7(10(12)14-9)8-3-1-2-6-13-8;2*1-4(6)3-5(2)7;;;;/h3-10,12-15H,1-2H3;2*1-6,8-9H;1-3,5-6H;2*3,6H,1-2H3;;;;/q4*-1;;;;;;. The molecule has 0 saturated carbocycles. The number of nitrogens with zero attached hydrogens (tertiary/aromatic N) is 5. The average molecular weight is 1790 g/mol. The summed E-state index contributed by atoms with van der Waals surface area (Å²) in [4.78, 5) is 40.1. The van der Waals surface area contributed by atoms with Crippen molar-refractivity contribution in [3.8, 4) is 56.2 Å². The number of aliphatic hydroxyl groups is 2. The molecule has 15 heteroatoms. The summed E-state index contributed by atoms with van der Waals surface area (Å²) >= 11 is 0. The van der Waals surface area contributed by atoms with Crippen LogP contribution in [0, 0.1) is 36.2 Å². The number of ketones is 2. The van der Waals surface area contributed by atoms with Gasteiger partial charge in [0.15, 0.2) is 11.6 Å². The fourth-order valence-electron chi connectivity index (χ4n) is 7.91. The van der Waals surface area contributed by atoms with Crippen molar-refractivity contribution in [1.29, 1.82) is 0 Å². The van der Waals surface area contributed by atoms with Gasteiger partial charge in [-0.2, -0.15) is 0 Å². The first-order valence-electron chi connectivity index (χ1n) is 24.3. The molecule has 5 aromatic carbocycles. The molecule has 4 radical (unpaired) electrons. The zero-order chi connectivity index (χ0) is 55.2. The van der Waals surface area contributed by atoms with Gasteiger partial charge in [-0.05, 0) is 96.5 Å². The summed E-state index contributed by atoms with van der Waals surface area (Å²) < 4.78 is 25.6. The number of carbonyl (C=O) groups excluding carboxylic acids is 2. The van der Waals surface area contributed by atoms with Crippen molar-refractivity contribution >= 4 is 22.3 Å². The van der Waals surface area contributed by atoms with Crippen LogP contribution in [-0.2, 0) is 95.4 Å². The van der Waals surface area contributed by atoms with Gasteiger partial charge >= 0.3 is 0 Å². The second kappa shape index (κ2) is 35.7. The number of hydrogen-bond donors (Lipinski definition) is 2. The van der Waals surface area contributed by atoms with Gasteiger partial charge in [-0.3, -0.25) is 14.6 Å². The van der Waals surface area contributed by atoms with E-state index in [-0.39, 0.29) is 114 Å². The van der Waals surface area contributed by atoms with Crippen LogP contribution in [0.2, 0.25) is 0 Å². The SMILES string of the molecule is CC(=O)C=C(C)O.CC(=O)C=C(C)O.CC1(C)c2ccccc2-c2c[c-]c(-c3nccc4ccccc34)cc21.Fc1c[c-]c(-c2ccccn2)c(F)n1.[Ir].[Ir].[Ir].[Ir].[c-]1ccccc1-c1ccccn1.[c-]1ccccc1-c1ccccn1. The van der Waals surface area contributed by atoms with Gasteiger partial charge < -0.3 is 30.1 Å². The molecule has 5 heterocycles. The van der Waals surface area contributed by atoms with Gasteiger partial charge in [0.2, 0.25) is 0 Å². The Kier molecular flexibility index (Phi) is 30.9. The van der Waals surface area contributed by atoms with Crippen LogP contribution in [0.3, 0.4) is 0 Å². The monoisotopic (exact) mass is 1790 g/mol. The maximum atomic E-state index is 13.1. The van der Waals surface area contributed by atoms with E-state index in [2.05, 4.69) is 130 Å². The number of halogens is 2. The van der Waals surface area contributed by atoms with E-state index >= 15 is 0 Å². The van der Waals surface area contributed by atoms with Crippen LogP contribution in [0.1, 0.15) is 52.7 Å². The Morgan fingerprint density at radius 3 is 1.46 bits per heavy atom. The summed E-state index contributed by atoms with van der Waals surface area (Å²) in [5, 5.41) is 19.1. The number of aliphatic hydroxyl groups excluding tert-OH is 2. The molecule has 1 aliphatic rings. The molecule has 10 aromatic rings. The molecule has 9 nitrogen and oxygen atoms in total. The predicted molar refractivity (Wildman–Crippen MR) is 301 cm³/mol. The molecule has 0 amide bonds. The van der Waals surface area contributed by atoms with Crippen LogP contribution < -0.4 is 0 Å². The van der Waals surface area contributed by atoms with E-state index in [1.807, 2.05) is 91.1 Å². The van der Waals surface area contributed by atoms with E-state index < -0.39 is 11.9 Å². The van der Waals surface area contributed by atoms with Crippen LogP contribution in [-0.4, -0.2) is 46.7 Å². The number of aromatic nitrogens is 5. The molecule has 0 spiro atoms. The predicted octanol–water partition coefficient (Wildman–Crippen LogP) is 15.4. The Balaban J connectivity index is 0.000000350. The molecule has 81 heavy (non-hydrogen) atoms. The van der Waals surface area contributed by atoms with Gasteiger partial charge in [-0.15, -0.1) is 107 Å². The zero-order valence-electron chi connectivity index (χ0n) is 44.7. The molecule has 422 valence electrons. The van der Waals surface area contributed by atoms with Crippen molar-refractivity contribution in [1.82, 2.24) is 24.9 Å². The minimum absolute atomic E-state index is 0. The summed E-state index contributed by atoms with van der Waals surface area (Å²) in [6, 6.07) is 69.2. The number of rotatable bonds is 6. The zero-order valence-corrected chi connectivity index (χ0v) is 54.3. The van der Waals surface area contributed by atoms with E-state index in [1.54, 1.807) is 30.6 Å². The second-order valence-corrected chi connectivity index (χ2v) is 17.6. The number of allylic oxidation sites excluding steroid dienone is 4. The van der Waals surface area contributed by atoms with Gasteiger partial charge in [0.05, 0.1) is 11.5 Å². The molecule has 2 N–H and O–H groups in total. The Morgan fingerprint density at radius 1 is 0.494 bits per heavy atom. The normalized spacial score (nSPS) is 11.0. The summed E-state index contributed by atoms with van der Waals surface area (Å²) in [5.74, 6) is -1.91. The van der Waals surface area contributed by atoms with Crippen molar-refractivity contribution in [3.63, 3.8) is 0 Å². The van der Waals surface area contributed by atoms with E-state index in [4.69, 9.17) is 10.2 Å². The molecular formula is C66H55F2Ir4N5O4-4. The molecule has 0 saturated heterocycles. The fourth-order valence-corrected chi connectivity index (χ4v) is 7.91. The Labute approximate surface area is 526 Å². The minimum atomic E-state index is -0.899. The maximum Gasteiger partial charge on any atom is 0.155 e. The smallest absolute Gasteiger partial charge is 0.155 e. The molecule has 0 unspecified atom stereocenters. The topological polar surface area (TPSA) is 139 Å². The number of pyridine rings is 5. The Morgan fingerprint density at radius 2 is 0.988 bits per heavy atom. The van der Waals surface area contributed by atoms with Crippen LogP contribution in [0.25, 0.3) is 66.9 Å². The third-order valence-electron chi connectivity index (χ3n) is 11.2. The van der Waals surface area contributed by atoms with Gasteiger partial charge in [-0.25, -0.2) is 8.78 Å². The molecule has 11 rings (SSSR count). The molecule has 0 fully saturated rings. The summed E-state index contributed by atoms with van der Waals surface area (Å²) in [7, 11) is 0. The van der Waals surface area contributed by atoms with Gasteiger partial charge in [0, 0.05) is 117 Å². The first kappa shape index (κ1) is 70.1. The van der Waals surface area contributed by atoms with Gasteiger partial charge in [0.25, 0.3) is 0 Å². The van der Waals surface area contributed by atoms with Crippen LogP contribution in [0.5, 0.6) is 0 Å². The molecule has 0 aliphatic heterocycles. The number of benzene rings is 5. The van der Waals surface area contributed by atoms with Gasteiger partial charge in [0.1, 0.15) is 11.9 Å². The van der Waals surface area contributed by atoms with E-state index in [1.165, 1.54) is 79.1 Å². The van der Waals surface area contributed by atoms with Crippen molar-refractivity contribution in [3.05, 3.63) is 272 Å². The minimum Gasteiger partial charge on any atom is -0.512 e. The summed E-state index contributed by atoms with van der Waals surface area (Å²) in [6.07, 6.45) is 9.32. The van der Waals surface area contributed by atoms with E-state index in [9.17, 15) is 18.4 Å². The Hall–Kier alpha value is -7.01. The fraction of sp³-hybridized carbons (Fsp3) is 0.106. The van der Waals surface area contributed by atoms with E-state index in [0.717, 1.165) is 39.8 Å². The maximum absolute atomic E-state index is 13.1. The van der Waals surface area contributed by atoms with Crippen molar-refractivity contribution in [2.75, 3.05) is 0 Å². The number of fused-ring (bicyclic) bond motifs is 4.